The van der Waals surface area contributed by atoms with Gasteiger partial charge in [0.25, 0.3) is 11.5 Å². The molecule has 4 heterocycles. The van der Waals surface area contributed by atoms with Gasteiger partial charge in [0.05, 0.1) is 22.6 Å². The van der Waals surface area contributed by atoms with Crippen molar-refractivity contribution in [3.8, 4) is 0 Å². The largest absolute Gasteiger partial charge is 0.381 e. The molecule has 9 heteroatoms. The van der Waals surface area contributed by atoms with Crippen molar-refractivity contribution in [2.24, 2.45) is 5.92 Å². The zero-order valence-electron chi connectivity index (χ0n) is 20.0. The smallest absolute Gasteiger partial charge is 0.259 e. The van der Waals surface area contributed by atoms with Crippen molar-refractivity contribution < 1.29 is 9.53 Å². The molecule has 1 N–H and O–H groups in total. The number of aromatic nitrogens is 3. The average Bonchev–Trinajstić information content (AvgIpc) is 3.24. The second kappa shape index (κ2) is 10.5. The van der Waals surface area contributed by atoms with E-state index in [1.807, 2.05) is 28.6 Å². The van der Waals surface area contributed by atoms with Gasteiger partial charge in [-0.25, -0.2) is 0 Å². The van der Waals surface area contributed by atoms with E-state index in [-0.39, 0.29) is 23.9 Å². The highest BCUT2D eigenvalue weighted by molar-refractivity contribution is 6.07. The Bertz CT molecular complexity index is 1220. The van der Waals surface area contributed by atoms with Crippen molar-refractivity contribution >= 4 is 40.1 Å². The highest BCUT2D eigenvalue weighted by Gasteiger charge is 2.24. The minimum Gasteiger partial charge on any atom is -0.381 e. The highest BCUT2D eigenvalue weighted by Crippen LogP contribution is 2.27. The van der Waals surface area contributed by atoms with Crippen molar-refractivity contribution in [2.45, 2.75) is 39.7 Å². The lowest BCUT2D eigenvalue weighted by atomic mass is 10.00. The summed E-state index contributed by atoms with van der Waals surface area (Å²) in [6.07, 6.45) is 4.78. The quantitative estimate of drug-likeness (QED) is 0.597. The van der Waals surface area contributed by atoms with Crippen LogP contribution in [0.1, 0.15) is 42.1 Å². The molecule has 2 aliphatic rings. The summed E-state index contributed by atoms with van der Waals surface area (Å²) in [4.78, 5) is 33.6. The fourth-order valence-corrected chi connectivity index (χ4v) is 5.24. The van der Waals surface area contributed by atoms with Gasteiger partial charge in [-0.2, -0.15) is 5.10 Å². The van der Waals surface area contributed by atoms with E-state index in [2.05, 4.69) is 21.9 Å². The van der Waals surface area contributed by atoms with E-state index in [0.717, 1.165) is 93.7 Å². The van der Waals surface area contributed by atoms with Crippen LogP contribution in [0.5, 0.6) is 0 Å². The van der Waals surface area contributed by atoms with E-state index in [1.165, 1.54) is 0 Å². The predicted octanol–water partition coefficient (Wildman–Crippen LogP) is 3.20. The number of amides is 1. The number of piperazine rings is 1. The summed E-state index contributed by atoms with van der Waals surface area (Å²) >= 11 is 0. The van der Waals surface area contributed by atoms with E-state index in [1.54, 1.807) is 6.20 Å². The fraction of sp³-hybridized carbons (Fsp3) is 0.560. The van der Waals surface area contributed by atoms with Gasteiger partial charge in [0.15, 0.2) is 0 Å². The van der Waals surface area contributed by atoms with Crippen molar-refractivity contribution in [1.82, 2.24) is 24.6 Å². The molecule has 2 saturated heterocycles. The minimum absolute atomic E-state index is 0. The summed E-state index contributed by atoms with van der Waals surface area (Å²) in [5.74, 6) is 0.544. The molecule has 2 aliphatic heterocycles. The van der Waals surface area contributed by atoms with E-state index in [0.29, 0.717) is 16.9 Å². The number of hydrogen-bond acceptors (Lipinski definition) is 5. The lowest BCUT2D eigenvalue weighted by Gasteiger charge is -2.34. The molecule has 34 heavy (non-hydrogen) atoms. The molecule has 0 unspecified atom stereocenters. The number of H-pyrrole nitrogens is 1. The number of aryl methyl sites for hydroxylation is 1. The summed E-state index contributed by atoms with van der Waals surface area (Å²) < 4.78 is 7.45. The lowest BCUT2D eigenvalue weighted by Crippen LogP contribution is -2.48. The van der Waals surface area contributed by atoms with E-state index in [9.17, 15) is 9.59 Å². The van der Waals surface area contributed by atoms with Crippen LogP contribution in [-0.4, -0.2) is 76.4 Å². The van der Waals surface area contributed by atoms with E-state index < -0.39 is 0 Å². The predicted molar refractivity (Wildman–Crippen MR) is 136 cm³/mol. The number of ether oxygens (including phenoxy) is 1. The van der Waals surface area contributed by atoms with Gasteiger partial charge in [-0.1, -0.05) is 6.92 Å². The zero-order chi connectivity index (χ0) is 22.9. The summed E-state index contributed by atoms with van der Waals surface area (Å²) in [5, 5.41) is 6.02. The van der Waals surface area contributed by atoms with Crippen molar-refractivity contribution in [3.63, 3.8) is 0 Å². The lowest BCUT2D eigenvalue weighted by molar-refractivity contribution is 0.0605. The first-order chi connectivity index (χ1) is 16.0. The number of halogens is 1. The van der Waals surface area contributed by atoms with Crippen LogP contribution in [0.2, 0.25) is 0 Å². The molecule has 3 aromatic rings. The van der Waals surface area contributed by atoms with Gasteiger partial charge < -0.3 is 14.6 Å². The number of hydrogen-bond donors (Lipinski definition) is 1. The molecule has 5 rings (SSSR count). The van der Waals surface area contributed by atoms with Crippen LogP contribution in [-0.2, 0) is 11.3 Å². The number of fused-ring (bicyclic) bond motifs is 3. The molecule has 0 saturated carbocycles. The van der Waals surface area contributed by atoms with Crippen molar-refractivity contribution in [1.29, 1.82) is 0 Å². The Kier molecular flexibility index (Phi) is 7.60. The van der Waals surface area contributed by atoms with Gasteiger partial charge >= 0.3 is 0 Å². The Balaban J connectivity index is 0.00000274. The minimum atomic E-state index is -0.138. The molecule has 1 aromatic carbocycles. The van der Waals surface area contributed by atoms with E-state index in [4.69, 9.17) is 4.74 Å². The molecular formula is C25H34ClN5O3. The normalized spacial score (nSPS) is 17.9. The molecule has 8 nitrogen and oxygen atoms in total. The molecule has 0 aliphatic carbocycles. The number of carbonyl (C=O) groups is 1. The van der Waals surface area contributed by atoms with Gasteiger partial charge in [0.1, 0.15) is 0 Å². The Morgan fingerprint density at radius 1 is 1.15 bits per heavy atom. The van der Waals surface area contributed by atoms with Gasteiger partial charge in [-0.05, 0) is 56.3 Å². The molecule has 0 spiro atoms. The van der Waals surface area contributed by atoms with Crippen LogP contribution in [0.25, 0.3) is 21.8 Å². The highest BCUT2D eigenvalue weighted by atomic mass is 35.5. The Hall–Kier alpha value is -2.42. The maximum absolute atomic E-state index is 13.5. The molecule has 2 fully saturated rings. The standard InChI is InChI=1S/C25H33N5O3.ClH/c1-3-6-28-7-9-29(10-8-28)25(32)19-14-20-22(13-17(19)2)27-24(31)21-15-26-30(23(20)21)16-18-4-11-33-12-5-18;/h13-15,18H,3-12,16H2,1-2H3,(H,27,31);1H. The maximum atomic E-state index is 13.5. The molecule has 0 bridgehead atoms. The second-order valence-corrected chi connectivity index (χ2v) is 9.45. The summed E-state index contributed by atoms with van der Waals surface area (Å²) in [6, 6.07) is 3.90. The first kappa shape index (κ1) is 24.7. The number of benzene rings is 1. The zero-order valence-corrected chi connectivity index (χ0v) is 20.8. The topological polar surface area (TPSA) is 83.5 Å². The monoisotopic (exact) mass is 487 g/mol. The van der Waals surface area contributed by atoms with Crippen LogP contribution in [0, 0.1) is 12.8 Å². The van der Waals surface area contributed by atoms with Gasteiger partial charge in [0, 0.05) is 56.9 Å². The first-order valence-corrected chi connectivity index (χ1v) is 12.2. The number of carbonyl (C=O) groups excluding carboxylic acids is 1. The number of nitrogens with zero attached hydrogens (tertiary/aromatic N) is 4. The summed E-state index contributed by atoms with van der Waals surface area (Å²) in [6.45, 7) is 10.8. The number of pyridine rings is 1. The molecule has 0 atom stereocenters. The number of aromatic amines is 1. The van der Waals surface area contributed by atoms with Crippen LogP contribution in [0.15, 0.2) is 23.1 Å². The summed E-state index contributed by atoms with van der Waals surface area (Å²) in [5.41, 5.74) is 3.03. The second-order valence-electron chi connectivity index (χ2n) is 9.45. The third kappa shape index (κ3) is 4.72. The molecule has 1 amide bonds. The van der Waals surface area contributed by atoms with Crippen LogP contribution >= 0.6 is 12.4 Å². The molecule has 0 radical (unpaired) electrons. The molecule has 2 aromatic heterocycles. The Morgan fingerprint density at radius 2 is 1.88 bits per heavy atom. The van der Waals surface area contributed by atoms with Crippen LogP contribution < -0.4 is 5.56 Å². The van der Waals surface area contributed by atoms with Gasteiger partial charge in [-0.3, -0.25) is 19.2 Å². The van der Waals surface area contributed by atoms with Gasteiger partial charge in [-0.15, -0.1) is 12.4 Å². The van der Waals surface area contributed by atoms with E-state index >= 15 is 0 Å². The summed E-state index contributed by atoms with van der Waals surface area (Å²) in [7, 11) is 0. The molecular weight excluding hydrogens is 454 g/mol. The van der Waals surface area contributed by atoms with Crippen molar-refractivity contribution in [3.05, 3.63) is 39.8 Å². The van der Waals surface area contributed by atoms with Gasteiger partial charge in [0.2, 0.25) is 0 Å². The molecule has 184 valence electrons. The number of nitrogens with one attached hydrogen (secondary N) is 1. The SMILES string of the molecule is CCCN1CCN(C(=O)c2cc3c(cc2C)[nH]c(=O)c2cnn(CC4CCOCC4)c23)CC1.Cl. The Labute approximate surface area is 205 Å². The third-order valence-electron chi connectivity index (χ3n) is 7.15. The average molecular weight is 488 g/mol. The van der Waals surface area contributed by atoms with Crippen LogP contribution in [0.3, 0.4) is 0 Å². The first-order valence-electron chi connectivity index (χ1n) is 12.2. The Morgan fingerprint density at radius 3 is 2.59 bits per heavy atom. The van der Waals surface area contributed by atoms with Crippen molar-refractivity contribution in [2.75, 3.05) is 45.9 Å². The van der Waals surface area contributed by atoms with Crippen LogP contribution in [0.4, 0.5) is 0 Å². The third-order valence-corrected chi connectivity index (χ3v) is 7.15. The fourth-order valence-electron chi connectivity index (χ4n) is 5.24. The maximum Gasteiger partial charge on any atom is 0.259 e. The number of rotatable bonds is 5.